The van der Waals surface area contributed by atoms with Crippen LogP contribution < -0.4 is 5.32 Å². The highest BCUT2D eigenvalue weighted by Crippen LogP contribution is 2.17. The van der Waals surface area contributed by atoms with Gasteiger partial charge in [-0.25, -0.2) is 0 Å². The van der Waals surface area contributed by atoms with Gasteiger partial charge in [-0.1, -0.05) is 6.07 Å². The molecule has 0 saturated heterocycles. The van der Waals surface area contributed by atoms with Crippen molar-refractivity contribution in [2.75, 3.05) is 5.32 Å². The smallest absolute Gasteiger partial charge is 0.211 e. The second-order valence-electron chi connectivity index (χ2n) is 2.62. The number of nitrogens with one attached hydrogen (secondary N) is 1. The number of rotatable bonds is 4. The van der Waals surface area contributed by atoms with Gasteiger partial charge in [-0.05, 0) is 23.3 Å². The van der Waals surface area contributed by atoms with Crippen LogP contribution in [0.1, 0.15) is 11.1 Å². The number of hydrogen-bond acceptors (Lipinski definition) is 3. The first-order valence-corrected chi connectivity index (χ1v) is 5.11. The molecule has 0 heterocycles. The summed E-state index contributed by atoms with van der Waals surface area (Å²) >= 11 is 8.34. The summed E-state index contributed by atoms with van der Waals surface area (Å²) in [7, 11) is 0. The summed E-state index contributed by atoms with van der Waals surface area (Å²) in [6, 6.07) is 5.82. The van der Waals surface area contributed by atoms with Crippen LogP contribution in [-0.4, -0.2) is 6.41 Å². The van der Waals surface area contributed by atoms with Crippen LogP contribution in [0.3, 0.4) is 0 Å². The van der Waals surface area contributed by atoms with Crippen molar-refractivity contribution in [3.8, 4) is 0 Å². The lowest BCUT2D eigenvalue weighted by atomic mass is 10.1. The molecular formula is C9H11NOS2. The molecule has 1 N–H and O–H groups in total. The number of carbonyl (C=O) groups excluding carboxylic acids is 1. The highest BCUT2D eigenvalue weighted by atomic mass is 32.1. The summed E-state index contributed by atoms with van der Waals surface area (Å²) in [5.74, 6) is 1.32. The van der Waals surface area contributed by atoms with Crippen molar-refractivity contribution in [2.24, 2.45) is 0 Å². The van der Waals surface area contributed by atoms with Crippen molar-refractivity contribution in [3.63, 3.8) is 0 Å². The lowest BCUT2D eigenvalue weighted by molar-refractivity contribution is -0.105. The van der Waals surface area contributed by atoms with Gasteiger partial charge in [0.1, 0.15) is 0 Å². The van der Waals surface area contributed by atoms with E-state index in [9.17, 15) is 4.79 Å². The Hall–Kier alpha value is -0.610. The van der Waals surface area contributed by atoms with E-state index < -0.39 is 0 Å². The van der Waals surface area contributed by atoms with Crippen molar-refractivity contribution in [1.29, 1.82) is 0 Å². The van der Waals surface area contributed by atoms with Crippen LogP contribution in [0.5, 0.6) is 0 Å². The lowest BCUT2D eigenvalue weighted by Crippen LogP contribution is -1.96. The molecule has 0 radical (unpaired) electrons. The van der Waals surface area contributed by atoms with Crippen LogP contribution in [0.15, 0.2) is 18.2 Å². The van der Waals surface area contributed by atoms with E-state index in [-0.39, 0.29) is 0 Å². The minimum absolute atomic E-state index is 0.662. The first-order chi connectivity index (χ1) is 6.30. The van der Waals surface area contributed by atoms with Crippen LogP contribution in [0.25, 0.3) is 0 Å². The van der Waals surface area contributed by atoms with Crippen molar-refractivity contribution in [3.05, 3.63) is 29.3 Å². The number of benzene rings is 1. The molecule has 0 aromatic heterocycles. The molecule has 0 atom stereocenters. The molecule has 0 saturated carbocycles. The Labute approximate surface area is 88.5 Å². The van der Waals surface area contributed by atoms with Gasteiger partial charge in [-0.15, -0.1) is 0 Å². The van der Waals surface area contributed by atoms with E-state index in [1.165, 1.54) is 0 Å². The third kappa shape index (κ3) is 2.97. The molecule has 0 fully saturated rings. The zero-order valence-corrected chi connectivity index (χ0v) is 8.82. The van der Waals surface area contributed by atoms with Gasteiger partial charge in [0.15, 0.2) is 0 Å². The average molecular weight is 213 g/mol. The van der Waals surface area contributed by atoms with Crippen molar-refractivity contribution < 1.29 is 4.79 Å². The van der Waals surface area contributed by atoms with E-state index in [0.717, 1.165) is 16.8 Å². The summed E-state index contributed by atoms with van der Waals surface area (Å²) in [6.07, 6.45) is 0.667. The van der Waals surface area contributed by atoms with Gasteiger partial charge in [0, 0.05) is 17.2 Å². The number of anilines is 1. The van der Waals surface area contributed by atoms with Gasteiger partial charge >= 0.3 is 0 Å². The third-order valence-electron chi connectivity index (χ3n) is 1.64. The van der Waals surface area contributed by atoms with Gasteiger partial charge in [-0.3, -0.25) is 4.79 Å². The molecule has 0 spiro atoms. The molecule has 0 aliphatic heterocycles. The maximum atomic E-state index is 10.2. The predicted molar refractivity (Wildman–Crippen MR) is 61.5 cm³/mol. The zero-order valence-electron chi connectivity index (χ0n) is 7.03. The molecule has 0 aliphatic carbocycles. The van der Waals surface area contributed by atoms with Crippen LogP contribution in [0, 0.1) is 0 Å². The Balaban J connectivity index is 2.99. The normalized spacial score (nSPS) is 9.69. The Morgan fingerprint density at radius 1 is 1.15 bits per heavy atom. The molecule has 1 aromatic rings. The van der Waals surface area contributed by atoms with Crippen LogP contribution in [0.4, 0.5) is 5.69 Å². The van der Waals surface area contributed by atoms with Crippen molar-refractivity contribution in [2.45, 2.75) is 11.5 Å². The minimum atomic E-state index is 0.662. The molecule has 1 aromatic carbocycles. The van der Waals surface area contributed by atoms with E-state index in [1.54, 1.807) is 0 Å². The molecule has 70 valence electrons. The summed E-state index contributed by atoms with van der Waals surface area (Å²) in [6.45, 7) is 0. The molecule has 0 aliphatic rings. The lowest BCUT2D eigenvalue weighted by Gasteiger charge is -2.05. The Morgan fingerprint density at radius 2 is 1.69 bits per heavy atom. The van der Waals surface area contributed by atoms with E-state index >= 15 is 0 Å². The highest BCUT2D eigenvalue weighted by Gasteiger charge is 1.98. The Morgan fingerprint density at radius 3 is 2.08 bits per heavy atom. The van der Waals surface area contributed by atoms with Crippen LogP contribution >= 0.6 is 25.3 Å². The standard InChI is InChI=1S/C9H11NOS2/c11-6-10-9-2-7(4-12)1-8(3-9)5-13/h1-3,6,12-13H,4-5H2,(H,10,11). The average Bonchev–Trinajstić information content (AvgIpc) is 2.17. The molecule has 1 amide bonds. The largest absolute Gasteiger partial charge is 0.329 e. The summed E-state index contributed by atoms with van der Waals surface area (Å²) < 4.78 is 0. The predicted octanol–water partition coefficient (Wildman–Crippen LogP) is 2.11. The van der Waals surface area contributed by atoms with Gasteiger partial charge in [-0.2, -0.15) is 25.3 Å². The fourth-order valence-electron chi connectivity index (χ4n) is 1.10. The topological polar surface area (TPSA) is 29.1 Å². The van der Waals surface area contributed by atoms with E-state index in [4.69, 9.17) is 0 Å². The molecule has 1 rings (SSSR count). The van der Waals surface area contributed by atoms with Gasteiger partial charge in [0.2, 0.25) is 6.41 Å². The second kappa shape index (κ2) is 5.19. The number of amides is 1. The SMILES string of the molecule is O=CNc1cc(CS)cc(CS)c1. The summed E-state index contributed by atoms with van der Waals surface area (Å²) in [4.78, 5) is 10.2. The Bertz CT molecular complexity index is 279. The Kier molecular flexibility index (Phi) is 4.18. The van der Waals surface area contributed by atoms with Gasteiger partial charge in [0.25, 0.3) is 0 Å². The van der Waals surface area contributed by atoms with Crippen molar-refractivity contribution >= 4 is 37.4 Å². The van der Waals surface area contributed by atoms with Gasteiger partial charge < -0.3 is 5.32 Å². The molecule has 13 heavy (non-hydrogen) atoms. The fourth-order valence-corrected chi connectivity index (χ4v) is 1.46. The molecular weight excluding hydrogens is 202 g/mol. The van der Waals surface area contributed by atoms with E-state index in [1.807, 2.05) is 18.2 Å². The quantitative estimate of drug-likeness (QED) is 0.519. The highest BCUT2D eigenvalue weighted by molar-refractivity contribution is 7.79. The first kappa shape index (κ1) is 10.5. The van der Waals surface area contributed by atoms with Crippen molar-refractivity contribution in [1.82, 2.24) is 0 Å². The summed E-state index contributed by atoms with van der Waals surface area (Å²) in [5.41, 5.74) is 2.96. The van der Waals surface area contributed by atoms with E-state index in [0.29, 0.717) is 17.9 Å². The third-order valence-corrected chi connectivity index (χ3v) is 2.37. The molecule has 0 unspecified atom stereocenters. The molecule has 2 nitrogen and oxygen atoms in total. The first-order valence-electron chi connectivity index (χ1n) is 3.85. The maximum absolute atomic E-state index is 10.2. The maximum Gasteiger partial charge on any atom is 0.211 e. The summed E-state index contributed by atoms with van der Waals surface area (Å²) in [5, 5.41) is 2.61. The molecule has 0 bridgehead atoms. The second-order valence-corrected chi connectivity index (χ2v) is 3.25. The monoisotopic (exact) mass is 213 g/mol. The minimum Gasteiger partial charge on any atom is -0.329 e. The van der Waals surface area contributed by atoms with E-state index in [2.05, 4.69) is 30.6 Å². The fraction of sp³-hybridized carbons (Fsp3) is 0.222. The van der Waals surface area contributed by atoms with Crippen LogP contribution in [0.2, 0.25) is 0 Å². The number of thiol groups is 2. The molecule has 4 heteroatoms. The van der Waals surface area contributed by atoms with Gasteiger partial charge in [0.05, 0.1) is 0 Å². The zero-order chi connectivity index (χ0) is 9.68. The number of hydrogen-bond donors (Lipinski definition) is 3. The van der Waals surface area contributed by atoms with Crippen LogP contribution in [-0.2, 0) is 16.3 Å². The number of carbonyl (C=O) groups is 1.